The zero-order valence-corrected chi connectivity index (χ0v) is 16.1. The van der Waals surface area contributed by atoms with E-state index >= 15 is 0 Å². The highest BCUT2D eigenvalue weighted by atomic mass is 16.7. The van der Waals surface area contributed by atoms with E-state index in [1.807, 2.05) is 31.2 Å². The summed E-state index contributed by atoms with van der Waals surface area (Å²) in [6.45, 7) is 3.61. The fourth-order valence-corrected chi connectivity index (χ4v) is 2.62. The van der Waals surface area contributed by atoms with Gasteiger partial charge >= 0.3 is 0 Å². The second-order valence-electron chi connectivity index (χ2n) is 6.52. The van der Waals surface area contributed by atoms with Gasteiger partial charge < -0.3 is 15.5 Å². The molecule has 3 aromatic rings. The van der Waals surface area contributed by atoms with Crippen molar-refractivity contribution >= 4 is 23.2 Å². The summed E-state index contributed by atoms with van der Waals surface area (Å²) in [7, 11) is 0. The Morgan fingerprint density at radius 3 is 2.17 bits per heavy atom. The van der Waals surface area contributed by atoms with Crippen molar-refractivity contribution in [1.29, 1.82) is 0 Å². The monoisotopic (exact) mass is 391 g/mol. The molecule has 0 radical (unpaired) electrons. The summed E-state index contributed by atoms with van der Waals surface area (Å²) < 4.78 is 1.05. The van der Waals surface area contributed by atoms with E-state index in [2.05, 4.69) is 10.6 Å². The van der Waals surface area contributed by atoms with Crippen molar-refractivity contribution in [3.63, 3.8) is 0 Å². The molecule has 0 saturated heterocycles. The minimum absolute atomic E-state index is 0.0395. The van der Waals surface area contributed by atoms with Crippen LogP contribution in [0.4, 0.5) is 11.4 Å². The maximum Gasteiger partial charge on any atom is 0.295 e. The first kappa shape index (κ1) is 19.9. The van der Waals surface area contributed by atoms with Gasteiger partial charge in [0, 0.05) is 24.5 Å². The summed E-state index contributed by atoms with van der Waals surface area (Å²) >= 11 is 0. The number of benzene rings is 2. The third-order valence-electron chi connectivity index (χ3n) is 4.11. The van der Waals surface area contributed by atoms with Gasteiger partial charge in [-0.05, 0) is 48.9 Å². The van der Waals surface area contributed by atoms with Crippen LogP contribution >= 0.6 is 0 Å². The lowest BCUT2D eigenvalue weighted by Gasteiger charge is -2.11. The van der Waals surface area contributed by atoms with Gasteiger partial charge in [0.05, 0.1) is 0 Å². The van der Waals surface area contributed by atoms with Crippen LogP contribution in [-0.4, -0.2) is 16.5 Å². The van der Waals surface area contributed by atoms with Crippen molar-refractivity contribution in [3.8, 4) is 0 Å². The van der Waals surface area contributed by atoms with Gasteiger partial charge in [0.1, 0.15) is 12.2 Å². The zero-order chi connectivity index (χ0) is 20.8. The van der Waals surface area contributed by atoms with Crippen molar-refractivity contribution in [2.24, 2.45) is 0 Å². The Morgan fingerprint density at radius 1 is 0.931 bits per heavy atom. The SMILES string of the molecule is CC(=O)Nc1ccc(NC(=O)c2cccn(OCc3ccc(C)cc3)c2=O)cc1. The number of nitrogens with one attached hydrogen (secondary N) is 2. The van der Waals surface area contributed by atoms with E-state index in [0.717, 1.165) is 15.9 Å². The lowest BCUT2D eigenvalue weighted by molar-refractivity contribution is -0.114. The lowest BCUT2D eigenvalue weighted by Crippen LogP contribution is -2.32. The molecule has 148 valence electrons. The van der Waals surface area contributed by atoms with E-state index in [0.29, 0.717) is 11.4 Å². The van der Waals surface area contributed by atoms with E-state index in [4.69, 9.17) is 4.84 Å². The predicted octanol–water partition coefficient (Wildman–Crippen LogP) is 3.00. The van der Waals surface area contributed by atoms with Gasteiger partial charge in [-0.2, -0.15) is 4.73 Å². The number of hydrogen-bond acceptors (Lipinski definition) is 4. The number of carbonyl (C=O) groups excluding carboxylic acids is 2. The van der Waals surface area contributed by atoms with Crippen LogP contribution in [0.15, 0.2) is 71.7 Å². The Kier molecular flexibility index (Phi) is 6.09. The van der Waals surface area contributed by atoms with Crippen LogP contribution in [0.5, 0.6) is 0 Å². The number of carbonyl (C=O) groups is 2. The van der Waals surface area contributed by atoms with Gasteiger partial charge in [-0.15, -0.1) is 0 Å². The summed E-state index contributed by atoms with van der Waals surface area (Å²) in [6, 6.07) is 17.4. The highest BCUT2D eigenvalue weighted by Crippen LogP contribution is 2.14. The van der Waals surface area contributed by atoms with Crippen LogP contribution in [0.1, 0.15) is 28.4 Å². The van der Waals surface area contributed by atoms with Crippen molar-refractivity contribution in [3.05, 3.63) is 93.9 Å². The van der Waals surface area contributed by atoms with Gasteiger partial charge in [0.15, 0.2) is 0 Å². The first-order valence-electron chi connectivity index (χ1n) is 9.02. The van der Waals surface area contributed by atoms with Gasteiger partial charge in [0.25, 0.3) is 11.5 Å². The molecule has 3 rings (SSSR count). The summed E-state index contributed by atoms with van der Waals surface area (Å²) in [5.41, 5.74) is 2.57. The number of amides is 2. The molecule has 0 saturated carbocycles. The first-order chi connectivity index (χ1) is 13.9. The summed E-state index contributed by atoms with van der Waals surface area (Å²) in [5.74, 6) is -0.729. The molecular formula is C22H21N3O4. The molecule has 0 spiro atoms. The Hall–Kier alpha value is -3.87. The van der Waals surface area contributed by atoms with E-state index in [1.54, 1.807) is 30.3 Å². The van der Waals surface area contributed by atoms with Gasteiger partial charge in [0.2, 0.25) is 5.91 Å². The molecule has 1 aromatic heterocycles. The number of pyridine rings is 1. The molecule has 2 N–H and O–H groups in total. The molecule has 0 aliphatic rings. The molecule has 2 amide bonds. The molecule has 0 unspecified atom stereocenters. The van der Waals surface area contributed by atoms with Crippen LogP contribution in [0.3, 0.4) is 0 Å². The average molecular weight is 391 g/mol. The predicted molar refractivity (Wildman–Crippen MR) is 111 cm³/mol. The molecule has 2 aromatic carbocycles. The van der Waals surface area contributed by atoms with Gasteiger partial charge in [-0.1, -0.05) is 29.8 Å². The fourth-order valence-electron chi connectivity index (χ4n) is 2.62. The second kappa shape index (κ2) is 8.88. The normalized spacial score (nSPS) is 10.3. The van der Waals surface area contributed by atoms with E-state index in [1.165, 1.54) is 19.2 Å². The minimum Gasteiger partial charge on any atom is -0.406 e. The largest absolute Gasteiger partial charge is 0.406 e. The van der Waals surface area contributed by atoms with Crippen molar-refractivity contribution in [1.82, 2.24) is 4.73 Å². The molecule has 0 fully saturated rings. The van der Waals surface area contributed by atoms with Crippen molar-refractivity contribution < 1.29 is 14.4 Å². The molecule has 0 aliphatic heterocycles. The Balaban J connectivity index is 1.69. The van der Waals surface area contributed by atoms with Crippen molar-refractivity contribution in [2.45, 2.75) is 20.5 Å². The quantitative estimate of drug-likeness (QED) is 0.676. The number of nitrogens with zero attached hydrogens (tertiary/aromatic N) is 1. The smallest absolute Gasteiger partial charge is 0.295 e. The highest BCUT2D eigenvalue weighted by Gasteiger charge is 2.13. The number of aromatic nitrogens is 1. The van der Waals surface area contributed by atoms with E-state index in [-0.39, 0.29) is 18.1 Å². The standard InChI is InChI=1S/C22H21N3O4/c1-15-5-7-17(8-6-15)14-29-25-13-3-4-20(22(25)28)21(27)24-19-11-9-18(10-12-19)23-16(2)26/h3-13H,14H2,1-2H3,(H,23,26)(H,24,27). The van der Waals surface area contributed by atoms with Crippen LogP contribution in [0.25, 0.3) is 0 Å². The molecule has 29 heavy (non-hydrogen) atoms. The van der Waals surface area contributed by atoms with E-state index in [9.17, 15) is 14.4 Å². The molecule has 7 nitrogen and oxygen atoms in total. The van der Waals surface area contributed by atoms with Gasteiger partial charge in [-0.25, -0.2) is 0 Å². The molecule has 7 heteroatoms. The topological polar surface area (TPSA) is 89.4 Å². The molecular weight excluding hydrogens is 370 g/mol. The number of aryl methyl sites for hydroxylation is 1. The maximum absolute atomic E-state index is 12.6. The molecule has 0 aliphatic carbocycles. The zero-order valence-electron chi connectivity index (χ0n) is 16.1. The van der Waals surface area contributed by atoms with E-state index < -0.39 is 11.5 Å². The van der Waals surface area contributed by atoms with Crippen LogP contribution in [0, 0.1) is 6.92 Å². The molecule has 0 atom stereocenters. The average Bonchev–Trinajstić information content (AvgIpc) is 2.69. The number of rotatable bonds is 6. The van der Waals surface area contributed by atoms with Crippen molar-refractivity contribution in [2.75, 3.05) is 10.6 Å². The van der Waals surface area contributed by atoms with Crippen LogP contribution < -0.4 is 21.0 Å². The van der Waals surface area contributed by atoms with Crippen LogP contribution in [-0.2, 0) is 11.4 Å². The lowest BCUT2D eigenvalue weighted by atomic mass is 10.2. The first-order valence-corrected chi connectivity index (χ1v) is 9.02. The summed E-state index contributed by atoms with van der Waals surface area (Å²) in [5, 5.41) is 5.31. The summed E-state index contributed by atoms with van der Waals surface area (Å²) in [4.78, 5) is 41.7. The van der Waals surface area contributed by atoms with Gasteiger partial charge in [-0.3, -0.25) is 14.4 Å². The fraction of sp³-hybridized carbons (Fsp3) is 0.136. The Labute approximate surface area is 167 Å². The third-order valence-corrected chi connectivity index (χ3v) is 4.11. The maximum atomic E-state index is 12.6. The number of anilines is 2. The van der Waals surface area contributed by atoms with Crippen LogP contribution in [0.2, 0.25) is 0 Å². The highest BCUT2D eigenvalue weighted by molar-refractivity contribution is 6.04. The minimum atomic E-state index is -0.549. The third kappa shape index (κ3) is 5.32. The summed E-state index contributed by atoms with van der Waals surface area (Å²) in [6.07, 6.45) is 1.47. The molecule has 0 bridgehead atoms. The molecule has 1 heterocycles. The second-order valence-corrected chi connectivity index (χ2v) is 6.52. The Bertz CT molecular complexity index is 1070. The Morgan fingerprint density at radius 2 is 1.55 bits per heavy atom. The number of hydrogen-bond donors (Lipinski definition) is 2.